The van der Waals surface area contributed by atoms with Gasteiger partial charge in [-0.05, 0) is 18.8 Å². The summed E-state index contributed by atoms with van der Waals surface area (Å²) >= 11 is 0. The summed E-state index contributed by atoms with van der Waals surface area (Å²) in [4.78, 5) is 10.9. The first-order valence-corrected chi connectivity index (χ1v) is 4.85. The summed E-state index contributed by atoms with van der Waals surface area (Å²) in [5.74, 6) is 0.643. The molecule has 76 valence electrons. The first-order valence-electron chi connectivity index (χ1n) is 4.85. The molecule has 3 atom stereocenters. The van der Waals surface area contributed by atoms with E-state index in [1.165, 1.54) is 6.08 Å². The standard InChI is InChI=1S/C11H20O2/c1-6-8(3)9(4)10(5)13-11(12)7-2/h7-10H,2,6H2,1,3-5H3. The van der Waals surface area contributed by atoms with Crippen molar-refractivity contribution < 1.29 is 9.53 Å². The molecule has 0 saturated heterocycles. The topological polar surface area (TPSA) is 26.3 Å². The molecule has 0 amide bonds. The Morgan fingerprint density at radius 2 is 2.00 bits per heavy atom. The second kappa shape index (κ2) is 5.79. The molecule has 0 aromatic heterocycles. The lowest BCUT2D eigenvalue weighted by molar-refractivity contribution is -0.145. The Kier molecular flexibility index (Phi) is 5.44. The summed E-state index contributed by atoms with van der Waals surface area (Å²) < 4.78 is 5.13. The lowest BCUT2D eigenvalue weighted by atomic mass is 9.89. The minimum absolute atomic E-state index is 0.0274. The van der Waals surface area contributed by atoms with Gasteiger partial charge in [0, 0.05) is 6.08 Å². The van der Waals surface area contributed by atoms with Crippen LogP contribution in [0.5, 0.6) is 0 Å². The smallest absolute Gasteiger partial charge is 0.330 e. The Balaban J connectivity index is 4.02. The van der Waals surface area contributed by atoms with Crippen molar-refractivity contribution in [3.8, 4) is 0 Å². The average molecular weight is 184 g/mol. The van der Waals surface area contributed by atoms with E-state index in [4.69, 9.17) is 4.74 Å². The molecule has 0 heterocycles. The Bertz CT molecular complexity index is 175. The van der Waals surface area contributed by atoms with Crippen LogP contribution in [-0.2, 0) is 9.53 Å². The number of hydrogen-bond acceptors (Lipinski definition) is 2. The fourth-order valence-electron chi connectivity index (χ4n) is 1.17. The minimum atomic E-state index is -0.331. The van der Waals surface area contributed by atoms with Gasteiger partial charge in [-0.2, -0.15) is 0 Å². The molecule has 0 aromatic carbocycles. The van der Waals surface area contributed by atoms with Gasteiger partial charge in [0.1, 0.15) is 6.10 Å². The molecule has 0 aliphatic rings. The van der Waals surface area contributed by atoms with Gasteiger partial charge in [0.15, 0.2) is 0 Å². The van der Waals surface area contributed by atoms with Crippen LogP contribution in [0.4, 0.5) is 0 Å². The van der Waals surface area contributed by atoms with Crippen molar-refractivity contribution >= 4 is 5.97 Å². The molecule has 0 rings (SSSR count). The van der Waals surface area contributed by atoms with Crippen molar-refractivity contribution in [1.82, 2.24) is 0 Å². The molecular weight excluding hydrogens is 164 g/mol. The van der Waals surface area contributed by atoms with Crippen molar-refractivity contribution in [3.05, 3.63) is 12.7 Å². The molecule has 0 aliphatic carbocycles. The zero-order chi connectivity index (χ0) is 10.4. The number of rotatable bonds is 5. The van der Waals surface area contributed by atoms with Crippen LogP contribution in [0.2, 0.25) is 0 Å². The van der Waals surface area contributed by atoms with Crippen LogP contribution in [0, 0.1) is 11.8 Å². The summed E-state index contributed by atoms with van der Waals surface area (Å²) in [5.41, 5.74) is 0. The van der Waals surface area contributed by atoms with Gasteiger partial charge in [-0.25, -0.2) is 4.79 Å². The largest absolute Gasteiger partial charge is 0.459 e. The minimum Gasteiger partial charge on any atom is -0.459 e. The first-order chi connectivity index (χ1) is 6.02. The molecule has 2 nitrogen and oxygen atoms in total. The van der Waals surface area contributed by atoms with Crippen LogP contribution in [-0.4, -0.2) is 12.1 Å². The third-order valence-corrected chi connectivity index (χ3v) is 2.75. The summed E-state index contributed by atoms with van der Waals surface area (Å²) in [6, 6.07) is 0. The van der Waals surface area contributed by atoms with Crippen molar-refractivity contribution in [2.75, 3.05) is 0 Å². The fourth-order valence-corrected chi connectivity index (χ4v) is 1.17. The molecule has 0 bridgehead atoms. The Labute approximate surface area is 81.0 Å². The van der Waals surface area contributed by atoms with E-state index >= 15 is 0 Å². The summed E-state index contributed by atoms with van der Waals surface area (Å²) in [7, 11) is 0. The van der Waals surface area contributed by atoms with Gasteiger partial charge in [0.2, 0.25) is 0 Å². The third-order valence-electron chi connectivity index (χ3n) is 2.75. The molecule has 0 aromatic rings. The molecule has 13 heavy (non-hydrogen) atoms. The molecule has 2 heteroatoms. The van der Waals surface area contributed by atoms with E-state index in [0.29, 0.717) is 11.8 Å². The fraction of sp³-hybridized carbons (Fsp3) is 0.727. The first kappa shape index (κ1) is 12.2. The molecule has 0 radical (unpaired) electrons. The van der Waals surface area contributed by atoms with Crippen LogP contribution < -0.4 is 0 Å². The van der Waals surface area contributed by atoms with Crippen LogP contribution in [0.3, 0.4) is 0 Å². The van der Waals surface area contributed by atoms with Crippen molar-refractivity contribution in [1.29, 1.82) is 0 Å². The second-order valence-corrected chi connectivity index (χ2v) is 3.59. The van der Waals surface area contributed by atoms with Gasteiger partial charge >= 0.3 is 5.97 Å². The van der Waals surface area contributed by atoms with E-state index in [-0.39, 0.29) is 12.1 Å². The van der Waals surface area contributed by atoms with E-state index in [2.05, 4.69) is 27.4 Å². The molecular formula is C11H20O2. The lowest BCUT2D eigenvalue weighted by Crippen LogP contribution is -2.25. The average Bonchev–Trinajstić information content (AvgIpc) is 2.14. The molecule has 0 saturated carbocycles. The normalized spacial score (nSPS) is 17.2. The van der Waals surface area contributed by atoms with Crippen molar-refractivity contribution in [3.63, 3.8) is 0 Å². The SMILES string of the molecule is C=CC(=O)OC(C)C(C)C(C)CC. The van der Waals surface area contributed by atoms with Crippen LogP contribution >= 0.6 is 0 Å². The van der Waals surface area contributed by atoms with E-state index in [1.807, 2.05) is 6.92 Å². The predicted molar refractivity (Wildman–Crippen MR) is 54.4 cm³/mol. The monoisotopic (exact) mass is 184 g/mol. The summed E-state index contributed by atoms with van der Waals surface area (Å²) in [6.07, 6.45) is 2.29. The molecule has 0 fully saturated rings. The molecule has 0 N–H and O–H groups in total. The molecule has 0 aliphatic heterocycles. The second-order valence-electron chi connectivity index (χ2n) is 3.59. The number of esters is 1. The molecule has 0 spiro atoms. The number of carbonyl (C=O) groups excluding carboxylic acids is 1. The number of carbonyl (C=O) groups is 1. The van der Waals surface area contributed by atoms with E-state index in [1.54, 1.807) is 0 Å². The van der Waals surface area contributed by atoms with Crippen LogP contribution in [0.1, 0.15) is 34.1 Å². The maximum Gasteiger partial charge on any atom is 0.330 e. The predicted octanol–water partition coefficient (Wildman–Crippen LogP) is 2.79. The zero-order valence-corrected chi connectivity index (χ0v) is 9.04. The lowest BCUT2D eigenvalue weighted by Gasteiger charge is -2.24. The van der Waals surface area contributed by atoms with Gasteiger partial charge in [-0.3, -0.25) is 0 Å². The number of hydrogen-bond donors (Lipinski definition) is 0. The van der Waals surface area contributed by atoms with Crippen LogP contribution in [0.15, 0.2) is 12.7 Å². The van der Waals surface area contributed by atoms with Gasteiger partial charge in [0.25, 0.3) is 0 Å². The van der Waals surface area contributed by atoms with Gasteiger partial charge in [-0.1, -0.05) is 33.8 Å². The van der Waals surface area contributed by atoms with E-state index in [9.17, 15) is 4.79 Å². The highest BCUT2D eigenvalue weighted by Crippen LogP contribution is 2.20. The highest BCUT2D eigenvalue weighted by molar-refractivity contribution is 5.81. The van der Waals surface area contributed by atoms with Gasteiger partial charge in [-0.15, -0.1) is 0 Å². The van der Waals surface area contributed by atoms with Crippen molar-refractivity contribution in [2.45, 2.75) is 40.2 Å². The maximum absolute atomic E-state index is 10.9. The third kappa shape index (κ3) is 4.11. The Morgan fingerprint density at radius 3 is 2.38 bits per heavy atom. The number of ether oxygens (including phenoxy) is 1. The maximum atomic E-state index is 10.9. The Hall–Kier alpha value is -0.790. The zero-order valence-electron chi connectivity index (χ0n) is 9.04. The van der Waals surface area contributed by atoms with Crippen molar-refractivity contribution in [2.24, 2.45) is 11.8 Å². The summed E-state index contributed by atoms with van der Waals surface area (Å²) in [6.45, 7) is 11.7. The van der Waals surface area contributed by atoms with E-state index in [0.717, 1.165) is 6.42 Å². The summed E-state index contributed by atoms with van der Waals surface area (Å²) in [5, 5.41) is 0. The van der Waals surface area contributed by atoms with Gasteiger partial charge < -0.3 is 4.74 Å². The quantitative estimate of drug-likeness (QED) is 0.485. The molecule has 3 unspecified atom stereocenters. The van der Waals surface area contributed by atoms with Crippen LogP contribution in [0.25, 0.3) is 0 Å². The van der Waals surface area contributed by atoms with E-state index < -0.39 is 0 Å². The Morgan fingerprint density at radius 1 is 1.46 bits per heavy atom. The highest BCUT2D eigenvalue weighted by atomic mass is 16.5. The highest BCUT2D eigenvalue weighted by Gasteiger charge is 2.20. The van der Waals surface area contributed by atoms with Gasteiger partial charge in [0.05, 0.1) is 0 Å².